The van der Waals surface area contributed by atoms with Crippen LogP contribution in [0, 0.1) is 17.8 Å². The van der Waals surface area contributed by atoms with Crippen molar-refractivity contribution in [1.29, 1.82) is 0 Å². The third-order valence-electron chi connectivity index (χ3n) is 5.60. The van der Waals surface area contributed by atoms with Crippen LogP contribution >= 0.6 is 0 Å². The number of benzene rings is 1. The number of ether oxygens (including phenoxy) is 1. The number of hydrogen-bond acceptors (Lipinski definition) is 5. The Bertz CT molecular complexity index is 738. The molecule has 0 saturated heterocycles. The molecule has 1 amide bonds. The molecule has 6 nitrogen and oxygen atoms in total. The molecule has 27 heavy (non-hydrogen) atoms. The Labute approximate surface area is 158 Å². The molecule has 2 aliphatic carbocycles. The van der Waals surface area contributed by atoms with Gasteiger partial charge in [0.25, 0.3) is 5.91 Å². The van der Waals surface area contributed by atoms with E-state index in [1.165, 1.54) is 13.8 Å². The summed E-state index contributed by atoms with van der Waals surface area (Å²) < 4.78 is 5.37. The third kappa shape index (κ3) is 4.43. The second-order valence-corrected chi connectivity index (χ2v) is 7.60. The van der Waals surface area contributed by atoms with Crippen LogP contribution in [0.1, 0.15) is 56.3 Å². The number of carbonyl (C=O) groups is 4. The number of anilines is 1. The van der Waals surface area contributed by atoms with Gasteiger partial charge in [0, 0.05) is 23.1 Å². The molecule has 3 rings (SSSR count). The largest absolute Gasteiger partial charge is 0.452 e. The summed E-state index contributed by atoms with van der Waals surface area (Å²) in [6.07, 6.45) is 2.90. The molecule has 1 unspecified atom stereocenters. The molecular formula is C21H25NO5. The molecule has 0 spiro atoms. The molecule has 6 heteroatoms. The highest BCUT2D eigenvalue weighted by molar-refractivity contribution is 5.97. The third-order valence-corrected chi connectivity index (χ3v) is 5.60. The lowest BCUT2D eigenvalue weighted by atomic mass is 9.67. The molecule has 0 aromatic heterocycles. The molecule has 2 fully saturated rings. The van der Waals surface area contributed by atoms with E-state index >= 15 is 0 Å². The number of rotatable bonds is 5. The van der Waals surface area contributed by atoms with Gasteiger partial charge in [-0.05, 0) is 63.8 Å². The fourth-order valence-corrected chi connectivity index (χ4v) is 4.03. The smallest absolute Gasteiger partial charge is 0.309 e. The minimum absolute atomic E-state index is 0.0287. The highest BCUT2D eigenvalue weighted by atomic mass is 16.5. The summed E-state index contributed by atoms with van der Waals surface area (Å²) in [5.74, 6) is -0.933. The van der Waals surface area contributed by atoms with E-state index in [0.717, 1.165) is 19.3 Å². The minimum atomic E-state index is -0.928. The molecule has 2 saturated carbocycles. The van der Waals surface area contributed by atoms with Gasteiger partial charge < -0.3 is 10.1 Å². The fraction of sp³-hybridized carbons (Fsp3) is 0.524. The number of fused-ring (bicyclic) bond motifs is 2. The molecule has 1 aromatic rings. The van der Waals surface area contributed by atoms with Crippen LogP contribution in [0.3, 0.4) is 0 Å². The predicted octanol–water partition coefficient (Wildman–Crippen LogP) is 3.15. The van der Waals surface area contributed by atoms with E-state index in [4.69, 9.17) is 4.74 Å². The average molecular weight is 371 g/mol. The molecule has 2 aliphatic rings. The van der Waals surface area contributed by atoms with E-state index in [0.29, 0.717) is 29.9 Å². The van der Waals surface area contributed by atoms with Crippen molar-refractivity contribution in [2.45, 2.75) is 52.1 Å². The number of hydrogen-bond donors (Lipinski definition) is 1. The summed E-state index contributed by atoms with van der Waals surface area (Å²) in [6.45, 7) is 3.01. The summed E-state index contributed by atoms with van der Waals surface area (Å²) in [5, 5.41) is 2.68. The van der Waals surface area contributed by atoms with Crippen molar-refractivity contribution in [3.8, 4) is 0 Å². The van der Waals surface area contributed by atoms with Crippen LogP contribution in [0.15, 0.2) is 24.3 Å². The van der Waals surface area contributed by atoms with Crippen LogP contribution in [0.2, 0.25) is 0 Å². The minimum Gasteiger partial charge on any atom is -0.452 e. The van der Waals surface area contributed by atoms with E-state index < -0.39 is 18.0 Å². The van der Waals surface area contributed by atoms with Crippen molar-refractivity contribution in [3.05, 3.63) is 29.8 Å². The molecule has 4 atom stereocenters. The normalized spacial score (nSPS) is 25.4. The standard InChI is InChI=1S/C21H25NO5/c1-12(23)14-6-8-18(9-7-14)22-20(25)13(2)27-21(26)17-10-15-4-3-5-16(11-17)19(15)24/h6-9,13,15-17H,3-5,10-11H2,1-2H3,(H,22,25)/t13-,15-,16+,17?/m0/s1. The van der Waals surface area contributed by atoms with Gasteiger partial charge in [-0.2, -0.15) is 0 Å². The zero-order chi connectivity index (χ0) is 19.6. The highest BCUT2D eigenvalue weighted by Gasteiger charge is 2.42. The number of nitrogens with one attached hydrogen (secondary N) is 1. The molecule has 0 heterocycles. The zero-order valence-corrected chi connectivity index (χ0v) is 15.7. The van der Waals surface area contributed by atoms with Crippen molar-refractivity contribution in [2.24, 2.45) is 17.8 Å². The quantitative estimate of drug-likeness (QED) is 0.634. The summed E-state index contributed by atoms with van der Waals surface area (Å²) in [7, 11) is 0. The van der Waals surface area contributed by atoms with Crippen LogP contribution in [-0.4, -0.2) is 29.5 Å². The van der Waals surface area contributed by atoms with Crippen LogP contribution in [0.25, 0.3) is 0 Å². The molecule has 2 bridgehead atoms. The topological polar surface area (TPSA) is 89.5 Å². The van der Waals surface area contributed by atoms with Gasteiger partial charge in [-0.15, -0.1) is 0 Å². The summed E-state index contributed by atoms with van der Waals surface area (Å²) >= 11 is 0. The molecule has 0 aliphatic heterocycles. The molecule has 144 valence electrons. The first kappa shape index (κ1) is 19.3. The van der Waals surface area contributed by atoms with E-state index in [-0.39, 0.29) is 23.5 Å². The van der Waals surface area contributed by atoms with Gasteiger partial charge >= 0.3 is 5.97 Å². The van der Waals surface area contributed by atoms with Gasteiger partial charge in [0.15, 0.2) is 11.9 Å². The van der Waals surface area contributed by atoms with Crippen molar-refractivity contribution in [3.63, 3.8) is 0 Å². The summed E-state index contributed by atoms with van der Waals surface area (Å²) in [6, 6.07) is 6.53. The zero-order valence-electron chi connectivity index (χ0n) is 15.7. The number of ketones is 2. The monoisotopic (exact) mass is 371 g/mol. The Kier molecular flexibility index (Phi) is 5.73. The van der Waals surface area contributed by atoms with E-state index in [1.807, 2.05) is 0 Å². The van der Waals surface area contributed by atoms with Gasteiger partial charge in [0.1, 0.15) is 5.78 Å². The van der Waals surface area contributed by atoms with E-state index in [9.17, 15) is 19.2 Å². The van der Waals surface area contributed by atoms with Crippen molar-refractivity contribution in [2.75, 3.05) is 5.32 Å². The van der Waals surface area contributed by atoms with Crippen LogP contribution < -0.4 is 5.32 Å². The molecular weight excluding hydrogens is 346 g/mol. The number of carbonyl (C=O) groups excluding carboxylic acids is 4. The SMILES string of the molecule is CC(=O)c1ccc(NC(=O)[C@H](C)OC(=O)C2C[C@H]3CCC[C@@H](C2)C3=O)cc1. The first-order valence-electron chi connectivity index (χ1n) is 9.51. The van der Waals surface area contributed by atoms with Crippen molar-refractivity contribution >= 4 is 29.1 Å². The summed E-state index contributed by atoms with van der Waals surface area (Å²) in [4.78, 5) is 48.2. The number of amides is 1. The Balaban J connectivity index is 1.54. The molecule has 1 N–H and O–H groups in total. The fourth-order valence-electron chi connectivity index (χ4n) is 4.03. The van der Waals surface area contributed by atoms with Gasteiger partial charge in [-0.1, -0.05) is 6.42 Å². The van der Waals surface area contributed by atoms with Crippen molar-refractivity contribution in [1.82, 2.24) is 0 Å². The Morgan fingerprint density at radius 2 is 1.67 bits per heavy atom. The van der Waals surface area contributed by atoms with Crippen LogP contribution in [0.5, 0.6) is 0 Å². The van der Waals surface area contributed by atoms with Crippen LogP contribution in [0.4, 0.5) is 5.69 Å². The maximum absolute atomic E-state index is 12.5. The number of Topliss-reactive ketones (excluding diaryl/α,β-unsaturated/α-hetero) is 2. The number of esters is 1. The van der Waals surface area contributed by atoms with Crippen LogP contribution in [-0.2, 0) is 19.1 Å². The second-order valence-electron chi connectivity index (χ2n) is 7.60. The summed E-state index contributed by atoms with van der Waals surface area (Å²) in [5.41, 5.74) is 1.09. The van der Waals surface area contributed by atoms with E-state index in [1.54, 1.807) is 24.3 Å². The lowest BCUT2D eigenvalue weighted by Crippen LogP contribution is -2.41. The predicted molar refractivity (Wildman–Crippen MR) is 99.2 cm³/mol. The van der Waals surface area contributed by atoms with Gasteiger partial charge in [0.2, 0.25) is 0 Å². The maximum atomic E-state index is 12.5. The lowest BCUT2D eigenvalue weighted by molar-refractivity contribution is -0.161. The Morgan fingerprint density at radius 1 is 1.07 bits per heavy atom. The van der Waals surface area contributed by atoms with Gasteiger partial charge in [-0.3, -0.25) is 19.2 Å². The first-order chi connectivity index (χ1) is 12.8. The van der Waals surface area contributed by atoms with Gasteiger partial charge in [-0.25, -0.2) is 0 Å². The molecule has 0 radical (unpaired) electrons. The highest BCUT2D eigenvalue weighted by Crippen LogP contribution is 2.40. The Hall–Kier alpha value is -2.50. The van der Waals surface area contributed by atoms with Gasteiger partial charge in [0.05, 0.1) is 5.92 Å². The lowest BCUT2D eigenvalue weighted by Gasteiger charge is -2.36. The Morgan fingerprint density at radius 3 is 2.22 bits per heavy atom. The van der Waals surface area contributed by atoms with Crippen molar-refractivity contribution < 1.29 is 23.9 Å². The molecule has 1 aromatic carbocycles. The first-order valence-corrected chi connectivity index (χ1v) is 9.51. The maximum Gasteiger partial charge on any atom is 0.309 e. The second kappa shape index (κ2) is 8.03. The van der Waals surface area contributed by atoms with E-state index in [2.05, 4.69) is 5.32 Å². The average Bonchev–Trinajstić information content (AvgIpc) is 2.61.